The number of ether oxygens (including phenoxy) is 1. The lowest BCUT2D eigenvalue weighted by atomic mass is 9.85. The first-order valence-corrected chi connectivity index (χ1v) is 7.03. The number of amides is 2. The van der Waals surface area contributed by atoms with Gasteiger partial charge in [0.25, 0.3) is 0 Å². The average Bonchev–Trinajstić information content (AvgIpc) is 2.96. The Morgan fingerprint density at radius 1 is 1.20 bits per heavy atom. The number of hydrogen-bond donors (Lipinski definition) is 0. The van der Waals surface area contributed by atoms with Crippen LogP contribution in [0.2, 0.25) is 0 Å². The van der Waals surface area contributed by atoms with E-state index in [0.717, 1.165) is 11.3 Å². The summed E-state index contributed by atoms with van der Waals surface area (Å²) in [6.07, 6.45) is 4.97. The molecule has 1 saturated heterocycles. The third-order valence-electron chi connectivity index (χ3n) is 4.27. The van der Waals surface area contributed by atoms with Gasteiger partial charge in [-0.15, -0.1) is 0 Å². The summed E-state index contributed by atoms with van der Waals surface area (Å²) >= 11 is 0. The molecular formula is C15H19NO4. The maximum Gasteiger partial charge on any atom is 0.326 e. The van der Waals surface area contributed by atoms with E-state index < -0.39 is 11.6 Å². The van der Waals surface area contributed by atoms with Gasteiger partial charge in [0.05, 0.1) is 11.8 Å². The van der Waals surface area contributed by atoms with Crippen LogP contribution in [0, 0.1) is 23.7 Å². The lowest BCUT2D eigenvalue weighted by Gasteiger charge is -2.22. The van der Waals surface area contributed by atoms with E-state index in [2.05, 4.69) is 0 Å². The molecule has 20 heavy (non-hydrogen) atoms. The molecule has 3 aliphatic rings. The molecule has 5 heteroatoms. The van der Waals surface area contributed by atoms with Gasteiger partial charge in [-0.2, -0.15) is 0 Å². The number of nitrogens with zero attached hydrogens (tertiary/aromatic N) is 1. The molecule has 2 amide bonds. The van der Waals surface area contributed by atoms with Crippen LogP contribution in [-0.4, -0.2) is 34.8 Å². The Labute approximate surface area is 117 Å². The predicted octanol–water partition coefficient (Wildman–Crippen LogP) is 1.14. The van der Waals surface area contributed by atoms with Crippen molar-refractivity contribution in [2.75, 3.05) is 6.54 Å². The monoisotopic (exact) mass is 277 g/mol. The van der Waals surface area contributed by atoms with Crippen LogP contribution >= 0.6 is 0 Å². The molecule has 1 aliphatic heterocycles. The van der Waals surface area contributed by atoms with Gasteiger partial charge in [0.1, 0.15) is 12.1 Å². The van der Waals surface area contributed by atoms with Gasteiger partial charge in [-0.05, 0) is 39.0 Å². The zero-order chi connectivity index (χ0) is 14.7. The molecule has 1 saturated carbocycles. The minimum Gasteiger partial charge on any atom is -0.459 e. The number of likely N-dealkylation sites (tertiary alicyclic amines) is 1. The summed E-state index contributed by atoms with van der Waals surface area (Å²) in [7, 11) is 0. The highest BCUT2D eigenvalue weighted by molar-refractivity contribution is 6.08. The Morgan fingerprint density at radius 3 is 2.15 bits per heavy atom. The Balaban J connectivity index is 1.72. The van der Waals surface area contributed by atoms with Gasteiger partial charge in [0.15, 0.2) is 0 Å². The van der Waals surface area contributed by atoms with Crippen LogP contribution in [0.1, 0.15) is 27.2 Å². The summed E-state index contributed by atoms with van der Waals surface area (Å²) in [4.78, 5) is 37.6. The largest absolute Gasteiger partial charge is 0.459 e. The van der Waals surface area contributed by atoms with Gasteiger partial charge < -0.3 is 4.74 Å². The van der Waals surface area contributed by atoms with E-state index in [0.29, 0.717) is 0 Å². The van der Waals surface area contributed by atoms with Crippen LogP contribution < -0.4 is 0 Å². The number of imide groups is 1. The highest BCUT2D eigenvalue weighted by Crippen LogP contribution is 2.52. The van der Waals surface area contributed by atoms with Gasteiger partial charge >= 0.3 is 5.97 Å². The average molecular weight is 277 g/mol. The van der Waals surface area contributed by atoms with Crippen LogP contribution in [0.25, 0.3) is 0 Å². The molecule has 0 spiro atoms. The molecule has 5 nitrogen and oxygen atoms in total. The third kappa shape index (κ3) is 1.96. The minimum atomic E-state index is -0.612. The fraction of sp³-hybridized carbons (Fsp3) is 0.667. The number of hydrogen-bond acceptors (Lipinski definition) is 4. The first-order chi connectivity index (χ1) is 9.28. The lowest BCUT2D eigenvalue weighted by Crippen LogP contribution is -2.39. The number of esters is 1. The predicted molar refractivity (Wildman–Crippen MR) is 70.3 cm³/mol. The number of fused-ring (bicyclic) bond motifs is 5. The molecule has 0 unspecified atom stereocenters. The fourth-order valence-corrected chi connectivity index (χ4v) is 3.62. The van der Waals surface area contributed by atoms with Crippen molar-refractivity contribution in [3.8, 4) is 0 Å². The first-order valence-electron chi connectivity index (χ1n) is 7.03. The first kappa shape index (κ1) is 13.3. The van der Waals surface area contributed by atoms with Crippen molar-refractivity contribution in [2.45, 2.75) is 32.8 Å². The number of allylic oxidation sites excluding steroid dienone is 2. The summed E-state index contributed by atoms with van der Waals surface area (Å²) in [6.45, 7) is 5.02. The van der Waals surface area contributed by atoms with Crippen molar-refractivity contribution in [1.82, 2.24) is 4.90 Å². The molecule has 0 radical (unpaired) electrons. The standard InChI is InChI=1S/C15H19NO4/c1-15(2,3)20-10(17)7-16-13(18)11-8-4-5-9(6-8)12(11)14(16)19/h4-5,8-9,11-12H,6-7H2,1-3H3/t8-,9+,11+,12-. The SMILES string of the molecule is CC(C)(C)OC(=O)CN1C(=O)[C@@H]2[C@H](C1=O)[C@H]1C=C[C@@H]2C1. The van der Waals surface area contributed by atoms with Crippen LogP contribution in [0.3, 0.4) is 0 Å². The second-order valence-electron chi connectivity index (χ2n) is 6.85. The fourth-order valence-electron chi connectivity index (χ4n) is 3.62. The van der Waals surface area contributed by atoms with E-state index in [-0.39, 0.29) is 42.0 Å². The van der Waals surface area contributed by atoms with E-state index in [1.807, 2.05) is 12.2 Å². The van der Waals surface area contributed by atoms with Crippen molar-refractivity contribution in [1.29, 1.82) is 0 Å². The van der Waals surface area contributed by atoms with E-state index in [1.54, 1.807) is 20.8 Å². The summed E-state index contributed by atoms with van der Waals surface area (Å²) in [5.74, 6) is -1.10. The molecule has 4 atom stereocenters. The molecule has 0 aromatic rings. The van der Waals surface area contributed by atoms with Crippen LogP contribution in [0.15, 0.2) is 12.2 Å². The maximum absolute atomic E-state index is 12.4. The Bertz CT molecular complexity index is 486. The molecular weight excluding hydrogens is 258 g/mol. The van der Waals surface area contributed by atoms with Gasteiger partial charge in [-0.25, -0.2) is 0 Å². The van der Waals surface area contributed by atoms with E-state index in [1.165, 1.54) is 0 Å². The van der Waals surface area contributed by atoms with Crippen LogP contribution in [-0.2, 0) is 19.1 Å². The highest BCUT2D eigenvalue weighted by Gasteiger charge is 2.59. The van der Waals surface area contributed by atoms with Crippen molar-refractivity contribution in [2.24, 2.45) is 23.7 Å². The molecule has 1 heterocycles. The second kappa shape index (κ2) is 4.17. The summed E-state index contributed by atoms with van der Waals surface area (Å²) < 4.78 is 5.19. The quantitative estimate of drug-likeness (QED) is 0.431. The van der Waals surface area contributed by atoms with Crippen LogP contribution in [0.5, 0.6) is 0 Å². The molecule has 3 rings (SSSR count). The van der Waals surface area contributed by atoms with Crippen LogP contribution in [0.4, 0.5) is 0 Å². The molecule has 2 fully saturated rings. The third-order valence-corrected chi connectivity index (χ3v) is 4.27. The molecule has 108 valence electrons. The zero-order valence-electron chi connectivity index (χ0n) is 12.0. The zero-order valence-corrected chi connectivity index (χ0v) is 12.0. The summed E-state index contributed by atoms with van der Waals surface area (Å²) in [5, 5.41) is 0. The van der Waals surface area contributed by atoms with Gasteiger partial charge in [0, 0.05) is 0 Å². The van der Waals surface area contributed by atoms with E-state index in [4.69, 9.17) is 4.74 Å². The Hall–Kier alpha value is -1.65. The van der Waals surface area contributed by atoms with Gasteiger partial charge in [0.2, 0.25) is 11.8 Å². The Kier molecular flexibility index (Phi) is 2.78. The molecule has 0 N–H and O–H groups in total. The summed E-state index contributed by atoms with van der Waals surface area (Å²) in [5.41, 5.74) is -0.612. The smallest absolute Gasteiger partial charge is 0.326 e. The molecule has 0 aromatic heterocycles. The molecule has 2 bridgehead atoms. The maximum atomic E-state index is 12.4. The van der Waals surface area contributed by atoms with Gasteiger partial charge in [-0.1, -0.05) is 12.2 Å². The number of carbonyl (C=O) groups is 3. The molecule has 2 aliphatic carbocycles. The van der Waals surface area contributed by atoms with Crippen molar-refractivity contribution in [3.05, 3.63) is 12.2 Å². The van der Waals surface area contributed by atoms with E-state index >= 15 is 0 Å². The topological polar surface area (TPSA) is 63.7 Å². The lowest BCUT2D eigenvalue weighted by molar-refractivity contribution is -0.161. The highest BCUT2D eigenvalue weighted by atomic mass is 16.6. The number of rotatable bonds is 2. The Morgan fingerprint density at radius 2 is 1.70 bits per heavy atom. The number of carbonyl (C=O) groups excluding carboxylic acids is 3. The minimum absolute atomic E-state index is 0.171. The van der Waals surface area contributed by atoms with Gasteiger partial charge in [-0.3, -0.25) is 19.3 Å². The van der Waals surface area contributed by atoms with E-state index in [9.17, 15) is 14.4 Å². The molecule has 0 aromatic carbocycles. The second-order valence-corrected chi connectivity index (χ2v) is 6.85. The summed E-state index contributed by atoms with van der Waals surface area (Å²) in [6, 6.07) is 0. The van der Waals surface area contributed by atoms with Crippen molar-refractivity contribution in [3.63, 3.8) is 0 Å². The van der Waals surface area contributed by atoms with Crippen molar-refractivity contribution >= 4 is 17.8 Å². The normalized spacial score (nSPS) is 34.9. The van der Waals surface area contributed by atoms with Crippen molar-refractivity contribution < 1.29 is 19.1 Å².